The van der Waals surface area contributed by atoms with Crippen LogP contribution < -0.4 is 5.32 Å². The van der Waals surface area contributed by atoms with Gasteiger partial charge >= 0.3 is 0 Å². The molecule has 1 heterocycles. The quantitative estimate of drug-likeness (QED) is 0.507. The van der Waals surface area contributed by atoms with Gasteiger partial charge in [0.05, 0.1) is 6.20 Å². The first-order valence-corrected chi connectivity index (χ1v) is 2.46. The summed E-state index contributed by atoms with van der Waals surface area (Å²) in [5.74, 6) is 0. The third kappa shape index (κ3) is 1.04. The Hall–Kier alpha value is -0.890. The molecule has 0 spiro atoms. The first-order valence-electron chi connectivity index (χ1n) is 2.46. The van der Waals surface area contributed by atoms with Crippen LogP contribution >= 0.6 is 0 Å². The van der Waals surface area contributed by atoms with Crippen molar-refractivity contribution >= 4 is 5.69 Å². The molecule has 0 aromatic carbocycles. The lowest BCUT2D eigenvalue weighted by Crippen LogP contribution is -2.69. The molecule has 0 fully saturated rings. The van der Waals surface area contributed by atoms with Crippen LogP contribution in [0.25, 0.3) is 0 Å². The van der Waals surface area contributed by atoms with Gasteiger partial charge in [0.1, 0.15) is 5.69 Å². The fraction of sp³-hybridized carbons (Fsp3) is 0. The van der Waals surface area contributed by atoms with E-state index in [1.54, 1.807) is 17.7 Å². The van der Waals surface area contributed by atoms with Crippen LogP contribution in [0.2, 0.25) is 0 Å². The molecule has 0 radical (unpaired) electrons. The zero-order chi connectivity index (χ0) is 5.82. The van der Waals surface area contributed by atoms with Crippen LogP contribution in [0, 0.1) is 7.05 Å². The van der Waals surface area contributed by atoms with Crippen molar-refractivity contribution < 1.29 is 5.32 Å². The zero-order valence-corrected chi connectivity index (χ0v) is 4.54. The van der Waals surface area contributed by atoms with Crippen molar-refractivity contribution in [3.05, 3.63) is 31.6 Å². The number of quaternary nitrogens is 1. The molecule has 0 saturated heterocycles. The van der Waals surface area contributed by atoms with Gasteiger partial charge in [0.25, 0.3) is 0 Å². The van der Waals surface area contributed by atoms with Crippen LogP contribution in [0.4, 0.5) is 5.69 Å². The molecule has 0 saturated carbocycles. The number of aromatic nitrogens is 1. The van der Waals surface area contributed by atoms with E-state index in [9.17, 15) is 0 Å². The summed E-state index contributed by atoms with van der Waals surface area (Å²) < 4.78 is 0. The van der Waals surface area contributed by atoms with Crippen molar-refractivity contribution in [1.82, 2.24) is 4.98 Å². The maximum Gasteiger partial charge on any atom is 0.121 e. The lowest BCUT2D eigenvalue weighted by molar-refractivity contribution is -0.505. The number of hydrogen-bond acceptors (Lipinski definition) is 1. The molecule has 0 aliphatic rings. The molecule has 1 aromatic rings. The van der Waals surface area contributed by atoms with Gasteiger partial charge < -0.3 is 5.32 Å². The van der Waals surface area contributed by atoms with Gasteiger partial charge in [-0.15, -0.1) is 7.05 Å². The smallest absolute Gasteiger partial charge is 0.121 e. The molecule has 0 amide bonds. The standard InChI is InChI=1S/C6H8N2/c1-7-6-3-2-4-8-5-6/h2-5H,1,7H2. The summed E-state index contributed by atoms with van der Waals surface area (Å²) in [4.78, 5) is 3.88. The summed E-state index contributed by atoms with van der Waals surface area (Å²) in [7, 11) is 3.59. The Labute approximate surface area is 48.6 Å². The third-order valence-corrected chi connectivity index (χ3v) is 0.920. The highest BCUT2D eigenvalue weighted by Gasteiger charge is 1.81. The van der Waals surface area contributed by atoms with Gasteiger partial charge in [0.2, 0.25) is 0 Å². The largest absolute Gasteiger partial charge is 0.444 e. The summed E-state index contributed by atoms with van der Waals surface area (Å²) >= 11 is 0. The highest BCUT2D eigenvalue weighted by molar-refractivity contribution is 5.21. The Morgan fingerprint density at radius 1 is 1.62 bits per heavy atom. The van der Waals surface area contributed by atoms with E-state index in [0.29, 0.717) is 0 Å². The summed E-state index contributed by atoms with van der Waals surface area (Å²) in [6.07, 6.45) is 3.51. The Morgan fingerprint density at radius 3 is 2.88 bits per heavy atom. The molecular formula is C6H8N2. The average Bonchev–Trinajstić information content (AvgIpc) is 1.90. The Morgan fingerprint density at radius 2 is 2.50 bits per heavy atom. The van der Waals surface area contributed by atoms with Crippen LogP contribution in [0.3, 0.4) is 0 Å². The van der Waals surface area contributed by atoms with Crippen LogP contribution in [0.1, 0.15) is 0 Å². The number of hydrogen-bond donors (Lipinski definition) is 1. The van der Waals surface area contributed by atoms with E-state index in [4.69, 9.17) is 0 Å². The molecule has 0 unspecified atom stereocenters. The minimum Gasteiger partial charge on any atom is -0.444 e. The fourth-order valence-electron chi connectivity index (χ4n) is 0.497. The molecule has 1 aromatic heterocycles. The summed E-state index contributed by atoms with van der Waals surface area (Å²) in [5.41, 5.74) is 1.06. The molecule has 8 heavy (non-hydrogen) atoms. The van der Waals surface area contributed by atoms with Crippen molar-refractivity contribution in [3.63, 3.8) is 0 Å². The molecule has 0 aliphatic carbocycles. The van der Waals surface area contributed by atoms with E-state index in [-0.39, 0.29) is 0 Å². The van der Waals surface area contributed by atoms with Crippen LogP contribution in [0.15, 0.2) is 24.5 Å². The van der Waals surface area contributed by atoms with Crippen molar-refractivity contribution in [2.75, 3.05) is 0 Å². The first-order chi connectivity index (χ1) is 3.93. The minimum absolute atomic E-state index is 1.06. The SMILES string of the molecule is [CH2-][NH2+]c1cccnc1. The number of rotatable bonds is 1. The Balaban J connectivity index is 2.83. The van der Waals surface area contributed by atoms with Gasteiger partial charge in [-0.1, -0.05) is 0 Å². The van der Waals surface area contributed by atoms with Gasteiger partial charge in [-0.25, -0.2) is 0 Å². The van der Waals surface area contributed by atoms with E-state index >= 15 is 0 Å². The second kappa shape index (κ2) is 2.43. The van der Waals surface area contributed by atoms with Gasteiger partial charge in [-0.3, -0.25) is 4.98 Å². The highest BCUT2D eigenvalue weighted by Crippen LogP contribution is 1.90. The van der Waals surface area contributed by atoms with E-state index in [1.807, 2.05) is 12.1 Å². The topological polar surface area (TPSA) is 29.5 Å². The molecule has 2 N–H and O–H groups in total. The number of pyridine rings is 1. The summed E-state index contributed by atoms with van der Waals surface area (Å²) in [6, 6.07) is 3.84. The average molecular weight is 108 g/mol. The molecule has 0 atom stereocenters. The van der Waals surface area contributed by atoms with Crippen molar-refractivity contribution in [1.29, 1.82) is 0 Å². The molecule has 2 nitrogen and oxygen atoms in total. The first kappa shape index (κ1) is 5.25. The molecule has 2 heteroatoms. The molecule has 42 valence electrons. The van der Waals surface area contributed by atoms with Crippen molar-refractivity contribution in [2.24, 2.45) is 0 Å². The van der Waals surface area contributed by atoms with Gasteiger partial charge in [-0.05, 0) is 12.1 Å². The number of nitrogens with two attached hydrogens (primary N) is 1. The molecule has 0 aliphatic heterocycles. The summed E-state index contributed by atoms with van der Waals surface area (Å²) in [5, 5.41) is 1.77. The molecular weight excluding hydrogens is 100 g/mol. The second-order valence-electron chi connectivity index (χ2n) is 1.49. The fourth-order valence-corrected chi connectivity index (χ4v) is 0.497. The van der Waals surface area contributed by atoms with E-state index < -0.39 is 0 Å². The van der Waals surface area contributed by atoms with E-state index in [1.165, 1.54) is 0 Å². The zero-order valence-electron chi connectivity index (χ0n) is 4.54. The Kier molecular flexibility index (Phi) is 1.59. The van der Waals surface area contributed by atoms with Crippen molar-refractivity contribution in [3.8, 4) is 0 Å². The predicted octanol–water partition coefficient (Wildman–Crippen LogP) is 0.0681. The molecule has 0 bridgehead atoms. The maximum absolute atomic E-state index is 3.88. The maximum atomic E-state index is 3.88. The minimum atomic E-state index is 1.06. The van der Waals surface area contributed by atoms with E-state index in [2.05, 4.69) is 12.0 Å². The summed E-state index contributed by atoms with van der Waals surface area (Å²) in [6.45, 7) is 0. The lowest BCUT2D eigenvalue weighted by Gasteiger charge is -1.93. The van der Waals surface area contributed by atoms with Crippen LogP contribution in [0.5, 0.6) is 0 Å². The third-order valence-electron chi connectivity index (χ3n) is 0.920. The second-order valence-corrected chi connectivity index (χ2v) is 1.49. The van der Waals surface area contributed by atoms with Crippen LogP contribution in [-0.4, -0.2) is 4.98 Å². The Bertz CT molecular complexity index is 148. The van der Waals surface area contributed by atoms with Crippen LogP contribution in [-0.2, 0) is 0 Å². The van der Waals surface area contributed by atoms with E-state index in [0.717, 1.165) is 5.69 Å². The van der Waals surface area contributed by atoms with Crippen molar-refractivity contribution in [2.45, 2.75) is 0 Å². The van der Waals surface area contributed by atoms with Gasteiger partial charge in [-0.2, -0.15) is 0 Å². The lowest BCUT2D eigenvalue weighted by atomic mass is 10.4. The predicted molar refractivity (Wildman–Crippen MR) is 31.2 cm³/mol. The normalized spacial score (nSPS) is 9.12. The van der Waals surface area contributed by atoms with Gasteiger partial charge in [0, 0.05) is 6.20 Å². The monoisotopic (exact) mass is 108 g/mol. The number of nitrogens with zero attached hydrogens (tertiary/aromatic N) is 1. The van der Waals surface area contributed by atoms with Gasteiger partial charge in [0.15, 0.2) is 0 Å². The highest BCUT2D eigenvalue weighted by atomic mass is 14.8. The molecule has 1 rings (SSSR count).